The molecule has 0 bridgehead atoms. The van der Waals surface area contributed by atoms with Crippen LogP contribution in [0, 0.1) is 0 Å². The van der Waals surface area contributed by atoms with Crippen LogP contribution in [-0.2, 0) is 14.3 Å². The molecule has 6 nitrogen and oxygen atoms in total. The molecule has 0 aromatic heterocycles. The first-order valence-electron chi connectivity index (χ1n) is 6.90. The lowest BCUT2D eigenvalue weighted by Gasteiger charge is -2.34. The molecule has 0 fully saturated rings. The number of carbonyl (C=O) groups excluding carboxylic acids is 2. The molecule has 0 saturated heterocycles. The molecular formula is C14H18F3N3O3. The highest BCUT2D eigenvalue weighted by Gasteiger charge is 2.63. The highest BCUT2D eigenvalue weighted by atomic mass is 19.4. The Labute approximate surface area is 131 Å². The summed E-state index contributed by atoms with van der Waals surface area (Å²) in [5.74, 6) is -2.62. The van der Waals surface area contributed by atoms with E-state index in [2.05, 4.69) is 10.2 Å². The van der Waals surface area contributed by atoms with Crippen molar-refractivity contribution < 1.29 is 27.5 Å². The van der Waals surface area contributed by atoms with Gasteiger partial charge in [0.2, 0.25) is 5.91 Å². The van der Waals surface area contributed by atoms with E-state index < -0.39 is 23.7 Å². The highest BCUT2D eigenvalue weighted by molar-refractivity contribution is 5.88. The minimum Gasteiger partial charge on any atom is -0.463 e. The number of nitrogens with one attached hydrogen (secondary N) is 3. The summed E-state index contributed by atoms with van der Waals surface area (Å²) in [7, 11) is 0. The number of halogens is 3. The molecule has 1 unspecified atom stereocenters. The number of para-hydroxylation sites is 1. The minimum absolute atomic E-state index is 0.232. The van der Waals surface area contributed by atoms with Gasteiger partial charge in [-0.1, -0.05) is 25.1 Å². The van der Waals surface area contributed by atoms with Crippen LogP contribution in [-0.4, -0.2) is 30.3 Å². The first kappa shape index (κ1) is 18.8. The number of carbonyl (C=O) groups is 2. The SMILES string of the molecule is CCOC(=O)C(NNc1ccccc1)(NC(=O)CC)C(F)(F)F. The van der Waals surface area contributed by atoms with Crippen LogP contribution in [0.2, 0.25) is 0 Å². The maximum Gasteiger partial charge on any atom is 0.438 e. The number of esters is 1. The highest BCUT2D eigenvalue weighted by Crippen LogP contribution is 2.30. The van der Waals surface area contributed by atoms with Gasteiger partial charge in [-0.3, -0.25) is 4.79 Å². The van der Waals surface area contributed by atoms with E-state index in [0.29, 0.717) is 0 Å². The number of alkyl halides is 3. The van der Waals surface area contributed by atoms with Gasteiger partial charge in [0.1, 0.15) is 0 Å². The lowest BCUT2D eigenvalue weighted by molar-refractivity contribution is -0.220. The van der Waals surface area contributed by atoms with E-state index in [0.717, 1.165) is 0 Å². The number of rotatable bonds is 7. The zero-order valence-corrected chi connectivity index (χ0v) is 12.7. The third-order valence-electron chi connectivity index (χ3n) is 2.82. The Morgan fingerprint density at radius 2 is 1.74 bits per heavy atom. The molecule has 0 radical (unpaired) electrons. The third-order valence-corrected chi connectivity index (χ3v) is 2.82. The lowest BCUT2D eigenvalue weighted by atomic mass is 10.1. The summed E-state index contributed by atoms with van der Waals surface area (Å²) in [5, 5.41) is 1.66. The number of hydrazine groups is 1. The van der Waals surface area contributed by atoms with E-state index >= 15 is 0 Å². The van der Waals surface area contributed by atoms with Gasteiger partial charge in [0.25, 0.3) is 0 Å². The molecule has 0 spiro atoms. The summed E-state index contributed by atoms with van der Waals surface area (Å²) in [6.45, 7) is 2.46. The zero-order valence-electron chi connectivity index (χ0n) is 12.7. The van der Waals surface area contributed by atoms with Crippen molar-refractivity contribution in [2.75, 3.05) is 12.0 Å². The summed E-state index contributed by atoms with van der Waals surface area (Å²) in [5.41, 5.74) is 1.01. The van der Waals surface area contributed by atoms with E-state index in [4.69, 9.17) is 0 Å². The van der Waals surface area contributed by atoms with Gasteiger partial charge < -0.3 is 15.5 Å². The smallest absolute Gasteiger partial charge is 0.438 e. The van der Waals surface area contributed by atoms with Crippen LogP contribution in [0.1, 0.15) is 20.3 Å². The number of anilines is 1. The Hall–Kier alpha value is -2.29. The molecule has 1 aromatic rings. The van der Waals surface area contributed by atoms with Gasteiger partial charge in [-0.25, -0.2) is 4.79 Å². The standard InChI is InChI=1S/C14H18F3N3O3/c1-3-11(21)18-13(14(15,16)17,12(22)23-4-2)20-19-10-8-6-5-7-9-10/h5-9,19-20H,3-4H2,1-2H3,(H,18,21). The molecule has 1 atom stereocenters. The maximum absolute atomic E-state index is 13.5. The average molecular weight is 333 g/mol. The first-order valence-corrected chi connectivity index (χ1v) is 6.90. The average Bonchev–Trinajstić information content (AvgIpc) is 2.51. The molecule has 1 amide bonds. The molecule has 0 aliphatic heterocycles. The molecule has 0 aliphatic rings. The van der Waals surface area contributed by atoms with Crippen molar-refractivity contribution in [3.63, 3.8) is 0 Å². The predicted molar refractivity (Wildman–Crippen MR) is 77.1 cm³/mol. The van der Waals surface area contributed by atoms with Crippen LogP contribution in [0.3, 0.4) is 0 Å². The second-order valence-corrected chi connectivity index (χ2v) is 4.49. The Balaban J connectivity index is 3.14. The fraction of sp³-hybridized carbons (Fsp3) is 0.429. The Morgan fingerprint density at radius 1 is 1.13 bits per heavy atom. The van der Waals surface area contributed by atoms with Crippen LogP contribution in [0.5, 0.6) is 0 Å². The Kier molecular flexibility index (Phi) is 6.38. The largest absolute Gasteiger partial charge is 0.463 e. The molecule has 9 heteroatoms. The Morgan fingerprint density at radius 3 is 2.22 bits per heavy atom. The van der Waals surface area contributed by atoms with Crippen LogP contribution in [0.4, 0.5) is 18.9 Å². The van der Waals surface area contributed by atoms with Crippen molar-refractivity contribution in [2.24, 2.45) is 0 Å². The molecule has 0 aliphatic carbocycles. The minimum atomic E-state index is -5.13. The molecule has 128 valence electrons. The topological polar surface area (TPSA) is 79.5 Å². The van der Waals surface area contributed by atoms with Crippen molar-refractivity contribution in [1.82, 2.24) is 10.7 Å². The van der Waals surface area contributed by atoms with Crippen molar-refractivity contribution in [3.8, 4) is 0 Å². The normalized spacial score (nSPS) is 13.8. The second-order valence-electron chi connectivity index (χ2n) is 4.49. The van der Waals surface area contributed by atoms with Crippen LogP contribution in [0.15, 0.2) is 30.3 Å². The van der Waals surface area contributed by atoms with Crippen molar-refractivity contribution >= 4 is 17.6 Å². The molecule has 23 heavy (non-hydrogen) atoms. The molecule has 3 N–H and O–H groups in total. The molecule has 0 heterocycles. The van der Waals surface area contributed by atoms with Crippen LogP contribution >= 0.6 is 0 Å². The van der Waals surface area contributed by atoms with Gasteiger partial charge in [-0.05, 0) is 19.1 Å². The van der Waals surface area contributed by atoms with E-state index in [9.17, 15) is 22.8 Å². The van der Waals surface area contributed by atoms with Gasteiger partial charge >= 0.3 is 17.8 Å². The predicted octanol–water partition coefficient (Wildman–Crippen LogP) is 1.95. The van der Waals surface area contributed by atoms with Crippen molar-refractivity contribution in [1.29, 1.82) is 0 Å². The summed E-state index contributed by atoms with van der Waals surface area (Å²) < 4.78 is 45.1. The van der Waals surface area contributed by atoms with E-state index in [-0.39, 0.29) is 18.7 Å². The third kappa shape index (κ3) is 4.59. The summed E-state index contributed by atoms with van der Waals surface area (Å²) in [4.78, 5) is 23.4. The van der Waals surface area contributed by atoms with Crippen LogP contribution < -0.4 is 16.2 Å². The summed E-state index contributed by atoms with van der Waals surface area (Å²) in [6.07, 6.45) is -5.36. The fourth-order valence-corrected chi connectivity index (χ4v) is 1.62. The van der Waals surface area contributed by atoms with Gasteiger partial charge in [-0.15, -0.1) is 0 Å². The van der Waals surface area contributed by atoms with Gasteiger partial charge in [0.15, 0.2) is 0 Å². The van der Waals surface area contributed by atoms with E-state index in [1.165, 1.54) is 26.0 Å². The quantitative estimate of drug-likeness (QED) is 0.404. The molecular weight excluding hydrogens is 315 g/mol. The van der Waals surface area contributed by atoms with Crippen molar-refractivity contribution in [3.05, 3.63) is 30.3 Å². The van der Waals surface area contributed by atoms with Crippen LogP contribution in [0.25, 0.3) is 0 Å². The monoisotopic (exact) mass is 333 g/mol. The number of ether oxygens (including phenoxy) is 1. The zero-order chi connectivity index (χ0) is 17.5. The Bertz CT molecular complexity index is 537. The van der Waals surface area contributed by atoms with Gasteiger partial charge in [0.05, 0.1) is 6.61 Å². The molecule has 1 aromatic carbocycles. The van der Waals surface area contributed by atoms with E-state index in [1.54, 1.807) is 23.5 Å². The fourth-order valence-electron chi connectivity index (χ4n) is 1.62. The number of benzene rings is 1. The van der Waals surface area contributed by atoms with E-state index in [1.807, 2.05) is 5.43 Å². The van der Waals surface area contributed by atoms with Crippen molar-refractivity contribution in [2.45, 2.75) is 32.1 Å². The first-order chi connectivity index (χ1) is 10.8. The number of hydrogen-bond acceptors (Lipinski definition) is 5. The lowest BCUT2D eigenvalue weighted by Crippen LogP contribution is -2.73. The number of amides is 1. The van der Waals surface area contributed by atoms with Gasteiger partial charge in [0, 0.05) is 12.1 Å². The molecule has 1 rings (SSSR count). The summed E-state index contributed by atoms with van der Waals surface area (Å²) >= 11 is 0. The number of hydrogen-bond donors (Lipinski definition) is 3. The molecule has 0 saturated carbocycles. The second kappa shape index (κ2) is 7.82. The maximum atomic E-state index is 13.5. The van der Waals surface area contributed by atoms with Gasteiger partial charge in [-0.2, -0.15) is 18.6 Å². The summed E-state index contributed by atoms with van der Waals surface area (Å²) in [6, 6.07) is 7.83.